The van der Waals surface area contributed by atoms with Crippen LogP contribution in [0.1, 0.15) is 12.8 Å². The van der Waals surface area contributed by atoms with Crippen LogP contribution in [0.5, 0.6) is 0 Å². The highest BCUT2D eigenvalue weighted by Crippen LogP contribution is 2.24. The zero-order chi connectivity index (χ0) is 5.98. The maximum Gasteiger partial charge on any atom is 0.0159 e. The molecule has 0 spiro atoms. The Bertz CT molecular complexity index is 70.9. The molecular formula is C6H12BrN. The fraction of sp³-hybridized carbons (Fsp3) is 1.00. The van der Waals surface area contributed by atoms with Gasteiger partial charge in [0.15, 0.2) is 0 Å². The van der Waals surface area contributed by atoms with Gasteiger partial charge in [0, 0.05) is 17.9 Å². The predicted molar refractivity (Wildman–Crippen MR) is 39.4 cm³/mol. The fourth-order valence-corrected chi connectivity index (χ4v) is 1.39. The summed E-state index contributed by atoms with van der Waals surface area (Å²) in [5.74, 6) is 0. The van der Waals surface area contributed by atoms with Crippen molar-refractivity contribution in [2.75, 3.05) is 18.9 Å². The normalized spacial score (nSPS) is 19.9. The molecule has 0 atom stereocenters. The van der Waals surface area contributed by atoms with Crippen LogP contribution in [0.4, 0.5) is 0 Å². The van der Waals surface area contributed by atoms with Crippen LogP contribution in [0.3, 0.4) is 0 Å². The van der Waals surface area contributed by atoms with E-state index in [-0.39, 0.29) is 0 Å². The van der Waals surface area contributed by atoms with Crippen molar-refractivity contribution in [2.24, 2.45) is 0 Å². The van der Waals surface area contributed by atoms with Crippen LogP contribution in [0.25, 0.3) is 0 Å². The lowest BCUT2D eigenvalue weighted by Crippen LogP contribution is -2.22. The van der Waals surface area contributed by atoms with Gasteiger partial charge in [-0.3, -0.25) is 0 Å². The molecule has 2 heteroatoms. The summed E-state index contributed by atoms with van der Waals surface area (Å²) in [7, 11) is 2.19. The van der Waals surface area contributed by atoms with Gasteiger partial charge >= 0.3 is 0 Å². The van der Waals surface area contributed by atoms with E-state index >= 15 is 0 Å². The second kappa shape index (κ2) is 2.83. The number of hydrogen-bond donors (Lipinski definition) is 0. The minimum Gasteiger partial charge on any atom is -0.303 e. The molecule has 0 aromatic carbocycles. The number of halogens is 1. The van der Waals surface area contributed by atoms with Crippen LogP contribution in [-0.4, -0.2) is 29.9 Å². The molecule has 1 fully saturated rings. The van der Waals surface area contributed by atoms with Crippen molar-refractivity contribution in [1.29, 1.82) is 0 Å². The first-order chi connectivity index (χ1) is 3.84. The Balaban J connectivity index is 2.03. The molecule has 0 amide bonds. The topological polar surface area (TPSA) is 3.24 Å². The molecule has 0 bridgehead atoms. The van der Waals surface area contributed by atoms with E-state index in [1.807, 2.05) is 0 Å². The van der Waals surface area contributed by atoms with Crippen molar-refractivity contribution in [3.8, 4) is 0 Å². The number of alkyl halides is 1. The molecule has 0 unspecified atom stereocenters. The lowest BCUT2D eigenvalue weighted by molar-refractivity contribution is 0.346. The van der Waals surface area contributed by atoms with Crippen molar-refractivity contribution in [3.05, 3.63) is 0 Å². The second-order valence-corrected chi connectivity index (χ2v) is 3.19. The van der Waals surface area contributed by atoms with E-state index in [2.05, 4.69) is 27.9 Å². The van der Waals surface area contributed by atoms with Gasteiger partial charge in [-0.15, -0.1) is 0 Å². The van der Waals surface area contributed by atoms with Gasteiger partial charge in [0.05, 0.1) is 0 Å². The molecule has 1 nitrogen and oxygen atoms in total. The van der Waals surface area contributed by atoms with Crippen LogP contribution >= 0.6 is 15.9 Å². The molecular weight excluding hydrogens is 166 g/mol. The summed E-state index contributed by atoms with van der Waals surface area (Å²) in [6.45, 7) is 1.20. The maximum absolute atomic E-state index is 3.40. The number of nitrogens with zero attached hydrogens (tertiary/aromatic N) is 1. The van der Waals surface area contributed by atoms with E-state index < -0.39 is 0 Å². The van der Waals surface area contributed by atoms with Gasteiger partial charge in [-0.25, -0.2) is 0 Å². The third-order valence-electron chi connectivity index (χ3n) is 1.61. The Morgan fingerprint density at radius 3 is 2.62 bits per heavy atom. The van der Waals surface area contributed by atoms with Crippen molar-refractivity contribution >= 4 is 15.9 Å². The van der Waals surface area contributed by atoms with Crippen LogP contribution in [-0.2, 0) is 0 Å². The molecule has 1 aliphatic carbocycles. The van der Waals surface area contributed by atoms with E-state index in [1.165, 1.54) is 19.4 Å². The van der Waals surface area contributed by atoms with Crippen LogP contribution in [0.2, 0.25) is 0 Å². The third-order valence-corrected chi connectivity index (χ3v) is 1.96. The van der Waals surface area contributed by atoms with Crippen molar-refractivity contribution in [2.45, 2.75) is 18.9 Å². The first kappa shape index (κ1) is 6.56. The summed E-state index contributed by atoms with van der Waals surface area (Å²) in [5.41, 5.74) is 0. The summed E-state index contributed by atoms with van der Waals surface area (Å²) in [4.78, 5) is 2.41. The van der Waals surface area contributed by atoms with Gasteiger partial charge in [0.2, 0.25) is 0 Å². The highest BCUT2D eigenvalue weighted by molar-refractivity contribution is 9.09. The van der Waals surface area contributed by atoms with Gasteiger partial charge in [-0.2, -0.15) is 0 Å². The zero-order valence-electron chi connectivity index (χ0n) is 5.23. The summed E-state index contributed by atoms with van der Waals surface area (Å²) < 4.78 is 0. The van der Waals surface area contributed by atoms with E-state index in [0.29, 0.717) is 0 Å². The Hall–Kier alpha value is 0.440. The zero-order valence-corrected chi connectivity index (χ0v) is 6.82. The van der Waals surface area contributed by atoms with Gasteiger partial charge in [0.25, 0.3) is 0 Å². The molecule has 1 rings (SSSR count). The van der Waals surface area contributed by atoms with Crippen molar-refractivity contribution in [1.82, 2.24) is 4.90 Å². The Labute approximate surface area is 59.2 Å². The molecule has 8 heavy (non-hydrogen) atoms. The standard InChI is InChI=1S/C6H12BrN/c1-8(5-4-7)6-2-3-6/h6H,2-5H2,1H3. The predicted octanol–water partition coefficient (Wildman–Crippen LogP) is 1.48. The van der Waals surface area contributed by atoms with Crippen LogP contribution in [0.15, 0.2) is 0 Å². The summed E-state index contributed by atoms with van der Waals surface area (Å²) in [6, 6.07) is 0.924. The highest BCUT2D eigenvalue weighted by Gasteiger charge is 2.24. The molecule has 0 saturated heterocycles. The smallest absolute Gasteiger partial charge is 0.0159 e. The molecule has 48 valence electrons. The first-order valence-electron chi connectivity index (χ1n) is 3.11. The van der Waals surface area contributed by atoms with Crippen molar-refractivity contribution < 1.29 is 0 Å². The van der Waals surface area contributed by atoms with E-state index in [4.69, 9.17) is 0 Å². The summed E-state index contributed by atoms with van der Waals surface area (Å²) in [5, 5.41) is 1.11. The molecule has 1 aliphatic rings. The average Bonchev–Trinajstić information content (AvgIpc) is 2.45. The maximum atomic E-state index is 3.40. The second-order valence-electron chi connectivity index (χ2n) is 2.40. The molecule has 0 aromatic heterocycles. The Kier molecular flexibility index (Phi) is 2.32. The highest BCUT2D eigenvalue weighted by atomic mass is 79.9. The molecule has 0 radical (unpaired) electrons. The third kappa shape index (κ3) is 1.75. The van der Waals surface area contributed by atoms with E-state index in [9.17, 15) is 0 Å². The summed E-state index contributed by atoms with van der Waals surface area (Å²) >= 11 is 3.40. The van der Waals surface area contributed by atoms with Gasteiger partial charge in [-0.1, -0.05) is 15.9 Å². The lowest BCUT2D eigenvalue weighted by Gasteiger charge is -2.12. The molecule has 0 heterocycles. The lowest BCUT2D eigenvalue weighted by atomic mass is 10.5. The molecule has 0 N–H and O–H groups in total. The Morgan fingerprint density at radius 1 is 1.62 bits per heavy atom. The summed E-state index contributed by atoms with van der Waals surface area (Å²) in [6.07, 6.45) is 2.84. The van der Waals surface area contributed by atoms with Gasteiger partial charge < -0.3 is 4.90 Å². The average molecular weight is 178 g/mol. The van der Waals surface area contributed by atoms with E-state index in [0.717, 1.165) is 11.4 Å². The first-order valence-corrected chi connectivity index (χ1v) is 4.23. The molecule has 0 aromatic rings. The fourth-order valence-electron chi connectivity index (χ4n) is 0.831. The number of rotatable bonds is 3. The van der Waals surface area contributed by atoms with E-state index in [1.54, 1.807) is 0 Å². The minimum absolute atomic E-state index is 0.924. The van der Waals surface area contributed by atoms with Crippen LogP contribution in [0, 0.1) is 0 Å². The van der Waals surface area contributed by atoms with Crippen LogP contribution < -0.4 is 0 Å². The molecule has 0 aliphatic heterocycles. The largest absolute Gasteiger partial charge is 0.303 e. The monoisotopic (exact) mass is 177 g/mol. The molecule has 1 saturated carbocycles. The van der Waals surface area contributed by atoms with Crippen molar-refractivity contribution in [3.63, 3.8) is 0 Å². The quantitative estimate of drug-likeness (QED) is 0.591. The SMILES string of the molecule is CN(CCBr)C1CC1. The Morgan fingerprint density at radius 2 is 2.25 bits per heavy atom. The van der Waals surface area contributed by atoms with Gasteiger partial charge in [-0.05, 0) is 19.9 Å². The number of hydrogen-bond acceptors (Lipinski definition) is 1. The minimum atomic E-state index is 0.924. The van der Waals surface area contributed by atoms with Gasteiger partial charge in [0.1, 0.15) is 0 Å².